The highest BCUT2D eigenvalue weighted by Gasteiger charge is 2.22. The fourth-order valence-electron chi connectivity index (χ4n) is 2.47. The van der Waals surface area contributed by atoms with Crippen molar-refractivity contribution in [2.24, 2.45) is 5.73 Å². The Morgan fingerprint density at radius 1 is 1.25 bits per heavy atom. The summed E-state index contributed by atoms with van der Waals surface area (Å²) >= 11 is 0. The molecule has 1 aromatic rings. The van der Waals surface area contributed by atoms with Crippen molar-refractivity contribution in [2.75, 3.05) is 33.2 Å². The number of carbonyl (C=O) groups excluding carboxylic acids is 1. The lowest BCUT2D eigenvalue weighted by Crippen LogP contribution is -2.46. The number of carbonyl (C=O) groups is 1. The van der Waals surface area contributed by atoms with Crippen LogP contribution in [0.1, 0.15) is 12.0 Å². The topological polar surface area (TPSA) is 69.8 Å². The van der Waals surface area contributed by atoms with Gasteiger partial charge >= 0.3 is 0 Å². The van der Waals surface area contributed by atoms with Gasteiger partial charge in [0.15, 0.2) is 0 Å². The van der Waals surface area contributed by atoms with E-state index >= 15 is 0 Å². The zero-order chi connectivity index (χ0) is 14.5. The third-order valence-corrected chi connectivity index (χ3v) is 3.74. The molecular formula is C15H23N3O2. The summed E-state index contributed by atoms with van der Waals surface area (Å²) in [6.07, 6.45) is 1.50. The fourth-order valence-corrected chi connectivity index (χ4v) is 2.47. The van der Waals surface area contributed by atoms with Gasteiger partial charge in [-0.05, 0) is 44.1 Å². The van der Waals surface area contributed by atoms with E-state index < -0.39 is 6.04 Å². The largest absolute Gasteiger partial charge is 0.508 e. The molecule has 0 aromatic heterocycles. The monoisotopic (exact) mass is 277 g/mol. The van der Waals surface area contributed by atoms with Gasteiger partial charge in [-0.3, -0.25) is 4.79 Å². The number of amides is 1. The van der Waals surface area contributed by atoms with Gasteiger partial charge in [-0.1, -0.05) is 12.1 Å². The molecule has 1 fully saturated rings. The molecule has 1 aliphatic heterocycles. The van der Waals surface area contributed by atoms with E-state index in [9.17, 15) is 9.90 Å². The minimum atomic E-state index is -0.511. The van der Waals surface area contributed by atoms with Gasteiger partial charge in [0.2, 0.25) is 5.91 Å². The molecule has 1 unspecified atom stereocenters. The SMILES string of the molecule is CN1CCCN(C(=O)C(N)Cc2ccc(O)cc2)CC1. The summed E-state index contributed by atoms with van der Waals surface area (Å²) in [5.74, 6) is 0.248. The minimum Gasteiger partial charge on any atom is -0.508 e. The molecule has 1 aliphatic rings. The molecule has 2 rings (SSSR count). The van der Waals surface area contributed by atoms with Crippen LogP contribution in [0.5, 0.6) is 5.75 Å². The van der Waals surface area contributed by atoms with Gasteiger partial charge in [0.25, 0.3) is 0 Å². The molecule has 3 N–H and O–H groups in total. The van der Waals surface area contributed by atoms with Crippen molar-refractivity contribution in [1.29, 1.82) is 0 Å². The van der Waals surface area contributed by atoms with E-state index in [-0.39, 0.29) is 11.7 Å². The summed E-state index contributed by atoms with van der Waals surface area (Å²) in [6, 6.07) is 6.33. The van der Waals surface area contributed by atoms with E-state index in [0.717, 1.165) is 38.2 Å². The summed E-state index contributed by atoms with van der Waals surface area (Å²) in [6.45, 7) is 3.46. The third-order valence-electron chi connectivity index (χ3n) is 3.74. The van der Waals surface area contributed by atoms with Crippen molar-refractivity contribution in [2.45, 2.75) is 18.9 Å². The fraction of sp³-hybridized carbons (Fsp3) is 0.533. The average molecular weight is 277 g/mol. The standard InChI is InChI=1S/C15H23N3O2/c1-17-7-2-8-18(10-9-17)15(20)14(16)11-12-3-5-13(19)6-4-12/h3-6,14,19H,2,7-11,16H2,1H3. The Balaban J connectivity index is 1.92. The maximum absolute atomic E-state index is 12.4. The first-order valence-corrected chi connectivity index (χ1v) is 7.07. The summed E-state index contributed by atoms with van der Waals surface area (Å²) in [5.41, 5.74) is 7.00. The van der Waals surface area contributed by atoms with Crippen LogP contribution in [0.4, 0.5) is 0 Å². The van der Waals surface area contributed by atoms with E-state index in [1.807, 2.05) is 4.90 Å². The number of aromatic hydroxyl groups is 1. The van der Waals surface area contributed by atoms with Crippen LogP contribution < -0.4 is 5.73 Å². The van der Waals surface area contributed by atoms with Gasteiger partial charge in [0.05, 0.1) is 6.04 Å². The number of phenols is 1. The van der Waals surface area contributed by atoms with Crippen LogP contribution >= 0.6 is 0 Å². The van der Waals surface area contributed by atoms with Crippen molar-refractivity contribution in [3.63, 3.8) is 0 Å². The van der Waals surface area contributed by atoms with Crippen LogP contribution in [-0.4, -0.2) is 60.1 Å². The second-order valence-corrected chi connectivity index (χ2v) is 5.46. The van der Waals surface area contributed by atoms with Gasteiger partial charge in [-0.2, -0.15) is 0 Å². The summed E-state index contributed by atoms with van der Waals surface area (Å²) in [5, 5.41) is 9.25. The molecule has 0 radical (unpaired) electrons. The number of benzene rings is 1. The minimum absolute atomic E-state index is 0.0216. The second-order valence-electron chi connectivity index (χ2n) is 5.46. The van der Waals surface area contributed by atoms with Crippen molar-refractivity contribution in [3.8, 4) is 5.75 Å². The molecule has 1 saturated heterocycles. The smallest absolute Gasteiger partial charge is 0.239 e. The molecule has 0 spiro atoms. The highest BCUT2D eigenvalue weighted by molar-refractivity contribution is 5.82. The van der Waals surface area contributed by atoms with Crippen molar-refractivity contribution < 1.29 is 9.90 Å². The van der Waals surface area contributed by atoms with E-state index in [4.69, 9.17) is 5.73 Å². The van der Waals surface area contributed by atoms with Gasteiger partial charge in [-0.15, -0.1) is 0 Å². The number of likely N-dealkylation sites (N-methyl/N-ethyl adjacent to an activating group) is 1. The number of phenolic OH excluding ortho intramolecular Hbond substituents is 1. The zero-order valence-corrected chi connectivity index (χ0v) is 12.0. The van der Waals surface area contributed by atoms with Crippen LogP contribution in [0.15, 0.2) is 24.3 Å². The molecule has 5 nitrogen and oxygen atoms in total. The third kappa shape index (κ3) is 3.95. The Morgan fingerprint density at radius 2 is 1.95 bits per heavy atom. The normalized spacial score (nSPS) is 18.6. The van der Waals surface area contributed by atoms with E-state index in [1.165, 1.54) is 0 Å². The van der Waals surface area contributed by atoms with Crippen LogP contribution in [-0.2, 0) is 11.2 Å². The molecule has 1 amide bonds. The number of hydrogen-bond donors (Lipinski definition) is 2. The number of nitrogens with two attached hydrogens (primary N) is 1. The molecule has 20 heavy (non-hydrogen) atoms. The lowest BCUT2D eigenvalue weighted by molar-refractivity contribution is -0.132. The molecule has 0 bridgehead atoms. The first-order valence-electron chi connectivity index (χ1n) is 7.07. The van der Waals surface area contributed by atoms with Crippen LogP contribution in [0.25, 0.3) is 0 Å². The molecule has 110 valence electrons. The molecule has 1 atom stereocenters. The van der Waals surface area contributed by atoms with E-state index in [2.05, 4.69) is 11.9 Å². The average Bonchev–Trinajstić information content (AvgIpc) is 2.65. The van der Waals surface area contributed by atoms with Gasteiger partial charge in [0, 0.05) is 19.6 Å². The van der Waals surface area contributed by atoms with Gasteiger partial charge < -0.3 is 20.6 Å². The number of rotatable bonds is 3. The quantitative estimate of drug-likeness (QED) is 0.840. The Hall–Kier alpha value is -1.59. The van der Waals surface area contributed by atoms with Gasteiger partial charge in [0.1, 0.15) is 5.75 Å². The van der Waals surface area contributed by atoms with Crippen molar-refractivity contribution >= 4 is 5.91 Å². The Kier molecular flexibility index (Phi) is 4.98. The number of nitrogens with zero attached hydrogens (tertiary/aromatic N) is 2. The first-order chi connectivity index (χ1) is 9.56. The molecule has 0 saturated carbocycles. The maximum atomic E-state index is 12.4. The Labute approximate surface area is 120 Å². The lowest BCUT2D eigenvalue weighted by atomic mass is 10.1. The van der Waals surface area contributed by atoms with Crippen LogP contribution in [0.3, 0.4) is 0 Å². The van der Waals surface area contributed by atoms with E-state index in [1.54, 1.807) is 24.3 Å². The Bertz CT molecular complexity index is 447. The molecule has 1 aromatic carbocycles. The van der Waals surface area contributed by atoms with Crippen LogP contribution in [0.2, 0.25) is 0 Å². The molecular weight excluding hydrogens is 254 g/mol. The maximum Gasteiger partial charge on any atom is 0.239 e. The summed E-state index contributed by atoms with van der Waals surface area (Å²) in [7, 11) is 2.07. The lowest BCUT2D eigenvalue weighted by Gasteiger charge is -2.24. The molecule has 0 aliphatic carbocycles. The van der Waals surface area contributed by atoms with Crippen molar-refractivity contribution in [3.05, 3.63) is 29.8 Å². The summed E-state index contributed by atoms with van der Waals surface area (Å²) in [4.78, 5) is 16.5. The predicted molar refractivity (Wildman–Crippen MR) is 78.5 cm³/mol. The highest BCUT2D eigenvalue weighted by Crippen LogP contribution is 2.12. The van der Waals surface area contributed by atoms with Crippen molar-refractivity contribution in [1.82, 2.24) is 9.80 Å². The van der Waals surface area contributed by atoms with E-state index in [0.29, 0.717) is 6.42 Å². The summed E-state index contributed by atoms with van der Waals surface area (Å²) < 4.78 is 0. The van der Waals surface area contributed by atoms with Crippen LogP contribution in [0, 0.1) is 0 Å². The highest BCUT2D eigenvalue weighted by atomic mass is 16.3. The zero-order valence-electron chi connectivity index (χ0n) is 12.0. The Morgan fingerprint density at radius 3 is 2.65 bits per heavy atom. The first kappa shape index (κ1) is 14.8. The predicted octanol–water partition coefficient (Wildman–Crippen LogP) is 0.426. The number of hydrogen-bond acceptors (Lipinski definition) is 4. The molecule has 1 heterocycles. The van der Waals surface area contributed by atoms with Gasteiger partial charge in [-0.25, -0.2) is 0 Å². The molecule has 5 heteroatoms. The second kappa shape index (κ2) is 6.72.